The second-order valence-electron chi connectivity index (χ2n) is 4.23. The van der Waals surface area contributed by atoms with Crippen molar-refractivity contribution in [3.8, 4) is 11.8 Å². The van der Waals surface area contributed by atoms with Crippen LogP contribution in [0.5, 0.6) is 5.75 Å². The molecule has 1 unspecified atom stereocenters. The molecule has 2 N–H and O–H groups in total. The topological polar surface area (TPSA) is 56.0 Å². The highest BCUT2D eigenvalue weighted by Crippen LogP contribution is 2.30. The second kappa shape index (κ2) is 5.64. The number of aromatic hydroxyl groups is 1. The number of nitrogens with one attached hydrogen (secondary N) is 1. The van der Waals surface area contributed by atoms with Crippen molar-refractivity contribution in [2.45, 2.75) is 13.0 Å². The van der Waals surface area contributed by atoms with Crippen molar-refractivity contribution in [2.24, 2.45) is 0 Å². The zero-order valence-electron chi connectivity index (χ0n) is 10.4. The molecule has 0 aliphatic carbocycles. The Morgan fingerprint density at radius 1 is 1.26 bits per heavy atom. The molecule has 0 amide bonds. The van der Waals surface area contributed by atoms with E-state index >= 15 is 0 Å². The molecular weight excluding hydrogens is 260 g/mol. The summed E-state index contributed by atoms with van der Waals surface area (Å²) in [6.45, 7) is 1.93. The number of nitriles is 1. The van der Waals surface area contributed by atoms with Crippen molar-refractivity contribution in [1.82, 2.24) is 0 Å². The number of anilines is 1. The monoisotopic (exact) mass is 272 g/mol. The Morgan fingerprint density at radius 3 is 2.63 bits per heavy atom. The van der Waals surface area contributed by atoms with Gasteiger partial charge in [0.05, 0.1) is 28.4 Å². The molecule has 2 aromatic carbocycles. The van der Waals surface area contributed by atoms with E-state index in [2.05, 4.69) is 5.32 Å². The SMILES string of the molecule is CC(Nc1ccc(C#N)cc1Cl)c1ccccc1O. The molecule has 0 aromatic heterocycles. The molecule has 0 saturated carbocycles. The van der Waals surface area contributed by atoms with Gasteiger partial charge in [0.25, 0.3) is 0 Å². The number of rotatable bonds is 3. The van der Waals surface area contributed by atoms with Gasteiger partial charge in [-0.05, 0) is 31.2 Å². The summed E-state index contributed by atoms with van der Waals surface area (Å²) in [5.74, 6) is 0.243. The first-order chi connectivity index (χ1) is 9.11. The maximum atomic E-state index is 9.79. The van der Waals surface area contributed by atoms with E-state index in [9.17, 15) is 5.11 Å². The molecule has 0 fully saturated rings. The third-order valence-corrected chi connectivity index (χ3v) is 3.19. The Morgan fingerprint density at radius 2 is 2.00 bits per heavy atom. The molecule has 1 atom stereocenters. The maximum absolute atomic E-state index is 9.79. The van der Waals surface area contributed by atoms with E-state index in [-0.39, 0.29) is 11.8 Å². The van der Waals surface area contributed by atoms with Crippen LogP contribution in [-0.4, -0.2) is 5.11 Å². The van der Waals surface area contributed by atoms with Crippen molar-refractivity contribution in [1.29, 1.82) is 5.26 Å². The highest BCUT2D eigenvalue weighted by molar-refractivity contribution is 6.33. The number of hydrogen-bond donors (Lipinski definition) is 2. The van der Waals surface area contributed by atoms with Crippen molar-refractivity contribution >= 4 is 17.3 Å². The first-order valence-electron chi connectivity index (χ1n) is 5.86. The molecule has 0 aliphatic heterocycles. The molecule has 2 rings (SSSR count). The van der Waals surface area contributed by atoms with Crippen LogP contribution in [0.4, 0.5) is 5.69 Å². The minimum absolute atomic E-state index is 0.0911. The first-order valence-corrected chi connectivity index (χ1v) is 6.23. The Kier molecular flexibility index (Phi) is 3.94. The standard InChI is InChI=1S/C15H13ClN2O/c1-10(12-4-2-3-5-15(12)19)18-14-7-6-11(9-17)8-13(14)16/h2-8,10,18-19H,1H3. The van der Waals surface area contributed by atoms with E-state index in [4.69, 9.17) is 16.9 Å². The van der Waals surface area contributed by atoms with Gasteiger partial charge in [-0.15, -0.1) is 0 Å². The van der Waals surface area contributed by atoms with Crippen molar-refractivity contribution < 1.29 is 5.11 Å². The van der Waals surface area contributed by atoms with Gasteiger partial charge in [-0.25, -0.2) is 0 Å². The molecule has 0 heterocycles. The second-order valence-corrected chi connectivity index (χ2v) is 4.64. The van der Waals surface area contributed by atoms with Crippen LogP contribution in [0.15, 0.2) is 42.5 Å². The zero-order valence-corrected chi connectivity index (χ0v) is 11.1. The van der Waals surface area contributed by atoms with Crippen LogP contribution < -0.4 is 5.32 Å². The van der Waals surface area contributed by atoms with E-state index in [0.29, 0.717) is 10.6 Å². The Labute approximate surface area is 117 Å². The molecule has 0 saturated heterocycles. The van der Waals surface area contributed by atoms with Crippen LogP contribution in [0.3, 0.4) is 0 Å². The summed E-state index contributed by atoms with van der Waals surface area (Å²) < 4.78 is 0. The van der Waals surface area contributed by atoms with Crippen molar-refractivity contribution in [3.63, 3.8) is 0 Å². The molecule has 0 spiro atoms. The van der Waals surface area contributed by atoms with E-state index in [1.54, 1.807) is 30.3 Å². The van der Waals surface area contributed by atoms with Crippen molar-refractivity contribution in [3.05, 3.63) is 58.6 Å². The van der Waals surface area contributed by atoms with Gasteiger partial charge in [-0.3, -0.25) is 0 Å². The van der Waals surface area contributed by atoms with Crippen LogP contribution in [0, 0.1) is 11.3 Å². The summed E-state index contributed by atoms with van der Waals surface area (Å²) in [4.78, 5) is 0. The summed E-state index contributed by atoms with van der Waals surface area (Å²) in [7, 11) is 0. The molecule has 19 heavy (non-hydrogen) atoms. The third-order valence-electron chi connectivity index (χ3n) is 2.87. The minimum atomic E-state index is -0.0911. The predicted octanol–water partition coefficient (Wildman–Crippen LogP) is 4.09. The molecule has 0 aliphatic rings. The van der Waals surface area contributed by atoms with Gasteiger partial charge < -0.3 is 10.4 Å². The van der Waals surface area contributed by atoms with Crippen LogP contribution in [0.25, 0.3) is 0 Å². The zero-order chi connectivity index (χ0) is 13.8. The van der Waals surface area contributed by atoms with E-state index in [1.807, 2.05) is 25.1 Å². The van der Waals surface area contributed by atoms with Crippen LogP contribution in [0.1, 0.15) is 24.1 Å². The Bertz CT molecular complexity index is 634. The van der Waals surface area contributed by atoms with E-state index < -0.39 is 0 Å². The lowest BCUT2D eigenvalue weighted by Gasteiger charge is -2.17. The van der Waals surface area contributed by atoms with Gasteiger partial charge in [-0.2, -0.15) is 5.26 Å². The summed E-state index contributed by atoms with van der Waals surface area (Å²) in [5, 5.41) is 22.3. The van der Waals surface area contributed by atoms with Crippen LogP contribution >= 0.6 is 11.6 Å². The summed E-state index contributed by atoms with van der Waals surface area (Å²) >= 11 is 6.10. The van der Waals surface area contributed by atoms with Crippen LogP contribution in [0.2, 0.25) is 5.02 Å². The lowest BCUT2D eigenvalue weighted by molar-refractivity contribution is 0.465. The molecular formula is C15H13ClN2O. The maximum Gasteiger partial charge on any atom is 0.120 e. The lowest BCUT2D eigenvalue weighted by atomic mass is 10.1. The van der Waals surface area contributed by atoms with Gasteiger partial charge in [-0.1, -0.05) is 29.8 Å². The average Bonchev–Trinajstić information content (AvgIpc) is 2.41. The summed E-state index contributed by atoms with van der Waals surface area (Å²) in [6, 6.07) is 14.2. The average molecular weight is 273 g/mol. The molecule has 3 nitrogen and oxygen atoms in total. The van der Waals surface area contributed by atoms with Crippen LogP contribution in [-0.2, 0) is 0 Å². The quantitative estimate of drug-likeness (QED) is 0.885. The number of para-hydroxylation sites is 1. The molecule has 2 aromatic rings. The molecule has 0 bridgehead atoms. The number of halogens is 1. The predicted molar refractivity (Wildman–Crippen MR) is 76.3 cm³/mol. The lowest BCUT2D eigenvalue weighted by Crippen LogP contribution is -2.07. The van der Waals surface area contributed by atoms with Crippen molar-refractivity contribution in [2.75, 3.05) is 5.32 Å². The van der Waals surface area contributed by atoms with E-state index in [1.165, 1.54) is 0 Å². The smallest absolute Gasteiger partial charge is 0.120 e. The number of hydrogen-bond acceptors (Lipinski definition) is 3. The fourth-order valence-corrected chi connectivity index (χ4v) is 2.10. The molecule has 0 radical (unpaired) electrons. The van der Waals surface area contributed by atoms with Gasteiger partial charge >= 0.3 is 0 Å². The highest BCUT2D eigenvalue weighted by Gasteiger charge is 2.11. The third kappa shape index (κ3) is 2.98. The Balaban J connectivity index is 2.22. The number of benzene rings is 2. The fourth-order valence-electron chi connectivity index (χ4n) is 1.87. The van der Waals surface area contributed by atoms with E-state index in [0.717, 1.165) is 11.3 Å². The first kappa shape index (κ1) is 13.3. The fraction of sp³-hybridized carbons (Fsp3) is 0.133. The van der Waals surface area contributed by atoms with Gasteiger partial charge in [0, 0.05) is 5.56 Å². The van der Waals surface area contributed by atoms with Gasteiger partial charge in [0.1, 0.15) is 5.75 Å². The normalized spacial score (nSPS) is 11.6. The highest BCUT2D eigenvalue weighted by atomic mass is 35.5. The minimum Gasteiger partial charge on any atom is -0.508 e. The largest absolute Gasteiger partial charge is 0.508 e. The number of nitrogens with zero attached hydrogens (tertiary/aromatic N) is 1. The summed E-state index contributed by atoms with van der Waals surface area (Å²) in [6.07, 6.45) is 0. The number of phenols is 1. The molecule has 96 valence electrons. The summed E-state index contributed by atoms with van der Waals surface area (Å²) in [5.41, 5.74) is 2.05. The Hall–Kier alpha value is -2.18. The van der Waals surface area contributed by atoms with Gasteiger partial charge in [0.15, 0.2) is 0 Å². The number of phenolic OH excluding ortho intramolecular Hbond substituents is 1. The molecule has 4 heteroatoms. The van der Waals surface area contributed by atoms with Gasteiger partial charge in [0.2, 0.25) is 0 Å².